The number of thiophene rings is 1. The number of likely N-dealkylation sites (tertiary alicyclic amines) is 1. The molecule has 1 fully saturated rings. The molecule has 25 heavy (non-hydrogen) atoms. The molecule has 2 aliphatic rings. The van der Waals surface area contributed by atoms with E-state index in [0.717, 1.165) is 29.1 Å². The van der Waals surface area contributed by atoms with Crippen molar-refractivity contribution in [3.63, 3.8) is 0 Å². The first kappa shape index (κ1) is 16.4. The predicted molar refractivity (Wildman–Crippen MR) is 98.4 cm³/mol. The summed E-state index contributed by atoms with van der Waals surface area (Å²) >= 11 is 1.59. The third-order valence-corrected chi connectivity index (χ3v) is 6.03. The molecular formula is C20H22NO3S+. The number of nitrogens with one attached hydrogen (secondary N) is 1. The molecule has 3 heterocycles. The Morgan fingerprint density at radius 1 is 1.24 bits per heavy atom. The number of allylic oxidation sites excluding steroid dienone is 1. The van der Waals surface area contributed by atoms with E-state index in [4.69, 9.17) is 4.74 Å². The molecule has 0 bridgehead atoms. The van der Waals surface area contributed by atoms with Crippen LogP contribution in [0.25, 0.3) is 6.08 Å². The number of hydrogen-bond acceptors (Lipinski definition) is 4. The first-order valence-corrected chi connectivity index (χ1v) is 9.68. The summed E-state index contributed by atoms with van der Waals surface area (Å²) < 4.78 is 5.95. The van der Waals surface area contributed by atoms with Crippen molar-refractivity contribution in [2.45, 2.75) is 32.7 Å². The second-order valence-corrected chi connectivity index (χ2v) is 7.78. The van der Waals surface area contributed by atoms with Crippen molar-refractivity contribution in [3.8, 4) is 11.5 Å². The lowest BCUT2D eigenvalue weighted by Crippen LogP contribution is -3.11. The van der Waals surface area contributed by atoms with E-state index in [1.165, 1.54) is 24.2 Å². The van der Waals surface area contributed by atoms with Gasteiger partial charge in [0.15, 0.2) is 11.5 Å². The fourth-order valence-corrected chi connectivity index (χ4v) is 4.45. The molecular weight excluding hydrogens is 334 g/mol. The molecule has 130 valence electrons. The molecule has 1 saturated heterocycles. The highest BCUT2D eigenvalue weighted by atomic mass is 32.1. The van der Waals surface area contributed by atoms with Gasteiger partial charge in [0.2, 0.25) is 5.78 Å². The van der Waals surface area contributed by atoms with Crippen molar-refractivity contribution in [3.05, 3.63) is 50.9 Å². The number of fused-ring (bicyclic) bond motifs is 1. The van der Waals surface area contributed by atoms with E-state index in [2.05, 4.69) is 0 Å². The van der Waals surface area contributed by atoms with Gasteiger partial charge < -0.3 is 14.7 Å². The van der Waals surface area contributed by atoms with Gasteiger partial charge >= 0.3 is 0 Å². The summed E-state index contributed by atoms with van der Waals surface area (Å²) in [5.41, 5.74) is 2.45. The van der Waals surface area contributed by atoms with Crippen molar-refractivity contribution in [2.24, 2.45) is 0 Å². The van der Waals surface area contributed by atoms with Crippen molar-refractivity contribution >= 4 is 23.2 Å². The third-order valence-electron chi connectivity index (χ3n) is 5.07. The van der Waals surface area contributed by atoms with Crippen molar-refractivity contribution in [1.29, 1.82) is 0 Å². The number of aryl methyl sites for hydroxylation is 1. The Kier molecular flexibility index (Phi) is 4.36. The number of ether oxygens (including phenoxy) is 1. The van der Waals surface area contributed by atoms with Crippen LogP contribution in [0.5, 0.6) is 11.5 Å². The number of phenols is 1. The fourth-order valence-electron chi connectivity index (χ4n) is 3.60. The number of aromatic hydroxyl groups is 1. The second kappa shape index (κ2) is 6.65. The number of carbonyl (C=O) groups excluding carboxylic acids is 1. The van der Waals surface area contributed by atoms with Gasteiger partial charge in [-0.1, -0.05) is 0 Å². The quantitative estimate of drug-likeness (QED) is 0.832. The summed E-state index contributed by atoms with van der Waals surface area (Å²) in [4.78, 5) is 15.2. The Morgan fingerprint density at radius 3 is 2.76 bits per heavy atom. The van der Waals surface area contributed by atoms with Gasteiger partial charge in [-0.3, -0.25) is 4.79 Å². The molecule has 0 aliphatic carbocycles. The van der Waals surface area contributed by atoms with Crippen LogP contribution in [0.1, 0.15) is 45.6 Å². The summed E-state index contributed by atoms with van der Waals surface area (Å²) in [6.07, 6.45) is 5.53. The summed E-state index contributed by atoms with van der Waals surface area (Å²) in [7, 11) is 0. The number of carbonyl (C=O) groups is 1. The molecule has 1 aromatic carbocycles. The zero-order valence-corrected chi connectivity index (χ0v) is 15.1. The lowest BCUT2D eigenvalue weighted by Gasteiger charge is -2.24. The van der Waals surface area contributed by atoms with Crippen molar-refractivity contribution in [1.82, 2.24) is 0 Å². The van der Waals surface area contributed by atoms with Crippen LogP contribution in [0.15, 0.2) is 29.3 Å². The van der Waals surface area contributed by atoms with Gasteiger partial charge in [-0.15, -0.1) is 11.3 Å². The SMILES string of the molecule is Cc1ccsc1/C=C1\Oc2c(ccc(O)c2C[NH+]2CCCCC2)C1=O. The number of phenolic OH excluding ortho intramolecular Hbond substituents is 1. The van der Waals surface area contributed by atoms with E-state index in [1.807, 2.05) is 24.4 Å². The Morgan fingerprint density at radius 2 is 2.04 bits per heavy atom. The normalized spacial score (nSPS) is 19.2. The molecule has 4 rings (SSSR count). The van der Waals surface area contributed by atoms with Crippen LogP contribution in [0.3, 0.4) is 0 Å². The van der Waals surface area contributed by atoms with Crippen LogP contribution in [0.2, 0.25) is 0 Å². The number of Topliss-reactive ketones (excluding diaryl/α,β-unsaturated/α-hetero) is 1. The average Bonchev–Trinajstić information content (AvgIpc) is 3.16. The van der Waals surface area contributed by atoms with Gasteiger partial charge in [-0.05, 0) is 55.3 Å². The molecule has 0 atom stereocenters. The van der Waals surface area contributed by atoms with E-state index in [9.17, 15) is 9.90 Å². The average molecular weight is 356 g/mol. The van der Waals surface area contributed by atoms with Gasteiger partial charge in [0.05, 0.1) is 24.2 Å². The van der Waals surface area contributed by atoms with E-state index in [0.29, 0.717) is 23.6 Å². The number of rotatable bonds is 3. The van der Waals surface area contributed by atoms with Crippen molar-refractivity contribution in [2.75, 3.05) is 13.1 Å². The number of ketones is 1. The van der Waals surface area contributed by atoms with E-state index in [-0.39, 0.29) is 11.5 Å². The number of quaternary nitrogens is 1. The van der Waals surface area contributed by atoms with Crippen LogP contribution in [-0.2, 0) is 6.54 Å². The topological polar surface area (TPSA) is 51.0 Å². The lowest BCUT2D eigenvalue weighted by molar-refractivity contribution is -0.918. The zero-order valence-electron chi connectivity index (χ0n) is 14.3. The maximum atomic E-state index is 12.7. The summed E-state index contributed by atoms with van der Waals surface area (Å²) in [6, 6.07) is 5.32. The third kappa shape index (κ3) is 3.10. The largest absolute Gasteiger partial charge is 0.507 e. The fraction of sp³-hybridized carbons (Fsp3) is 0.350. The minimum absolute atomic E-state index is 0.0994. The second-order valence-electron chi connectivity index (χ2n) is 6.84. The first-order valence-electron chi connectivity index (χ1n) is 8.80. The maximum absolute atomic E-state index is 12.7. The number of hydrogen-bond donors (Lipinski definition) is 2. The zero-order chi connectivity index (χ0) is 17.4. The minimum atomic E-state index is -0.0994. The molecule has 0 unspecified atom stereocenters. The predicted octanol–water partition coefficient (Wildman–Crippen LogP) is 2.95. The van der Waals surface area contributed by atoms with E-state index < -0.39 is 0 Å². The summed E-state index contributed by atoms with van der Waals surface area (Å²) in [5.74, 6) is 1.01. The standard InChI is InChI=1S/C20H21NO3S/c1-13-7-10-25-18(13)11-17-19(23)14-5-6-16(22)15(20(14)24-17)12-21-8-3-2-4-9-21/h5-7,10-11,22H,2-4,8-9,12H2,1H3/p+1/b17-11-. The Bertz CT molecular complexity index is 847. The van der Waals surface area contributed by atoms with Gasteiger partial charge in [-0.25, -0.2) is 0 Å². The van der Waals surface area contributed by atoms with Gasteiger partial charge in [0.25, 0.3) is 0 Å². The van der Waals surface area contributed by atoms with Crippen LogP contribution >= 0.6 is 11.3 Å². The molecule has 0 saturated carbocycles. The van der Waals surface area contributed by atoms with Crippen LogP contribution in [-0.4, -0.2) is 24.0 Å². The molecule has 1 aromatic heterocycles. The molecule has 5 heteroatoms. The van der Waals surface area contributed by atoms with E-state index >= 15 is 0 Å². The molecule has 0 radical (unpaired) electrons. The van der Waals surface area contributed by atoms with Crippen LogP contribution < -0.4 is 9.64 Å². The van der Waals surface area contributed by atoms with Crippen LogP contribution in [0, 0.1) is 6.92 Å². The summed E-state index contributed by atoms with van der Waals surface area (Å²) in [6.45, 7) is 4.93. The first-order chi connectivity index (χ1) is 12.1. The highest BCUT2D eigenvalue weighted by molar-refractivity contribution is 7.11. The smallest absolute Gasteiger partial charge is 0.232 e. The molecule has 2 N–H and O–H groups in total. The highest BCUT2D eigenvalue weighted by Gasteiger charge is 2.32. The summed E-state index contributed by atoms with van der Waals surface area (Å²) in [5, 5.41) is 12.4. The van der Waals surface area contributed by atoms with E-state index in [1.54, 1.807) is 23.5 Å². The molecule has 2 aromatic rings. The number of piperidine rings is 1. The lowest BCUT2D eigenvalue weighted by atomic mass is 10.0. The Balaban J connectivity index is 1.67. The molecule has 0 spiro atoms. The Hall–Kier alpha value is -2.11. The van der Waals surface area contributed by atoms with Gasteiger partial charge in [0.1, 0.15) is 12.3 Å². The molecule has 4 nitrogen and oxygen atoms in total. The van der Waals surface area contributed by atoms with Gasteiger partial charge in [-0.2, -0.15) is 0 Å². The van der Waals surface area contributed by atoms with Crippen LogP contribution in [0.4, 0.5) is 0 Å². The monoisotopic (exact) mass is 356 g/mol. The molecule has 0 amide bonds. The van der Waals surface area contributed by atoms with Crippen molar-refractivity contribution < 1.29 is 19.5 Å². The number of benzene rings is 1. The minimum Gasteiger partial charge on any atom is -0.507 e. The molecule has 2 aliphatic heterocycles. The maximum Gasteiger partial charge on any atom is 0.232 e. The highest BCUT2D eigenvalue weighted by Crippen LogP contribution is 2.39. The Labute approximate surface area is 151 Å². The van der Waals surface area contributed by atoms with Gasteiger partial charge in [0, 0.05) is 11.0 Å².